The highest BCUT2D eigenvalue weighted by molar-refractivity contribution is 5.92. The molecule has 1 aliphatic rings. The van der Waals surface area contributed by atoms with Gasteiger partial charge >= 0.3 is 6.03 Å². The summed E-state index contributed by atoms with van der Waals surface area (Å²) in [5.41, 5.74) is 7.31. The molecule has 1 N–H and O–H groups in total. The number of urea groups is 1. The number of hydrogen-bond donors (Lipinski definition) is 1. The van der Waals surface area contributed by atoms with Crippen molar-refractivity contribution in [2.24, 2.45) is 0 Å². The summed E-state index contributed by atoms with van der Waals surface area (Å²) in [4.78, 5) is 16.8. The molecule has 4 aromatic rings. The summed E-state index contributed by atoms with van der Waals surface area (Å²) in [5, 5.41) is 18.0. The van der Waals surface area contributed by atoms with Crippen molar-refractivity contribution in [3.05, 3.63) is 76.6 Å². The summed E-state index contributed by atoms with van der Waals surface area (Å²) < 4.78 is 1.97. The van der Waals surface area contributed by atoms with Gasteiger partial charge in [-0.2, -0.15) is 10.2 Å². The highest BCUT2D eigenvalue weighted by Crippen LogP contribution is 2.29. The molecule has 5 rings (SSSR count). The second-order valence-corrected chi connectivity index (χ2v) is 9.28. The topological polar surface area (TPSA) is 79.2 Å². The highest BCUT2D eigenvalue weighted by atomic mass is 16.2. The number of aromatic nitrogens is 4. The molecule has 0 atom stereocenters. The Kier molecular flexibility index (Phi) is 6.11. The second-order valence-electron chi connectivity index (χ2n) is 9.28. The SMILES string of the molecule is Cc1ccc(CNC(=O)N2CCN(c3nnc(C)c4c(C)n(-c5ccc(C)cc5)nc34)CC2)cc1. The van der Waals surface area contributed by atoms with Gasteiger partial charge in [-0.05, 0) is 45.4 Å². The van der Waals surface area contributed by atoms with Gasteiger partial charge in [-0.15, -0.1) is 5.10 Å². The Labute approximate surface area is 205 Å². The summed E-state index contributed by atoms with van der Waals surface area (Å²) in [6.45, 7) is 11.3. The minimum absolute atomic E-state index is 0.0372. The van der Waals surface area contributed by atoms with Crippen LogP contribution < -0.4 is 10.2 Å². The lowest BCUT2D eigenvalue weighted by molar-refractivity contribution is 0.194. The van der Waals surface area contributed by atoms with Crippen molar-refractivity contribution >= 4 is 22.8 Å². The lowest BCUT2D eigenvalue weighted by Crippen LogP contribution is -2.52. The maximum absolute atomic E-state index is 12.7. The van der Waals surface area contributed by atoms with Crippen LogP contribution in [0.5, 0.6) is 0 Å². The summed E-state index contributed by atoms with van der Waals surface area (Å²) in [7, 11) is 0. The van der Waals surface area contributed by atoms with E-state index in [-0.39, 0.29) is 6.03 Å². The van der Waals surface area contributed by atoms with Crippen LogP contribution in [0.2, 0.25) is 0 Å². The van der Waals surface area contributed by atoms with Crippen molar-refractivity contribution in [2.45, 2.75) is 34.2 Å². The largest absolute Gasteiger partial charge is 0.350 e. The number of benzene rings is 2. The number of hydrogen-bond acceptors (Lipinski definition) is 5. The van der Waals surface area contributed by atoms with Gasteiger partial charge in [-0.25, -0.2) is 9.48 Å². The molecule has 0 aliphatic carbocycles. The summed E-state index contributed by atoms with van der Waals surface area (Å²) >= 11 is 0. The highest BCUT2D eigenvalue weighted by Gasteiger charge is 2.26. The normalized spacial score (nSPS) is 13.9. The van der Waals surface area contributed by atoms with Crippen molar-refractivity contribution in [3.8, 4) is 5.69 Å². The number of rotatable bonds is 4. The van der Waals surface area contributed by atoms with E-state index in [0.717, 1.165) is 39.4 Å². The van der Waals surface area contributed by atoms with Crippen LogP contribution in [0.3, 0.4) is 0 Å². The second kappa shape index (κ2) is 9.37. The van der Waals surface area contributed by atoms with Crippen LogP contribution in [-0.2, 0) is 6.54 Å². The zero-order chi connectivity index (χ0) is 24.5. The van der Waals surface area contributed by atoms with Crippen molar-refractivity contribution in [1.29, 1.82) is 0 Å². The Morgan fingerprint density at radius 1 is 0.857 bits per heavy atom. The molecular weight excluding hydrogens is 438 g/mol. The van der Waals surface area contributed by atoms with Crippen LogP contribution >= 0.6 is 0 Å². The molecule has 8 nitrogen and oxygen atoms in total. The fourth-order valence-electron chi connectivity index (χ4n) is 4.58. The van der Waals surface area contributed by atoms with Crippen LogP contribution in [0.4, 0.5) is 10.6 Å². The first-order valence-electron chi connectivity index (χ1n) is 12.0. The van der Waals surface area contributed by atoms with E-state index in [9.17, 15) is 4.79 Å². The Hall–Kier alpha value is -3.94. The summed E-state index contributed by atoms with van der Waals surface area (Å²) in [6, 6.07) is 16.5. The van der Waals surface area contributed by atoms with E-state index in [2.05, 4.69) is 77.6 Å². The predicted octanol–water partition coefficient (Wildman–Crippen LogP) is 4.08. The fourth-order valence-corrected chi connectivity index (χ4v) is 4.58. The van der Waals surface area contributed by atoms with Gasteiger partial charge in [0.1, 0.15) is 5.52 Å². The van der Waals surface area contributed by atoms with Crippen molar-refractivity contribution in [2.75, 3.05) is 31.1 Å². The molecule has 0 radical (unpaired) electrons. The number of nitrogens with zero attached hydrogens (tertiary/aromatic N) is 6. The smallest absolute Gasteiger partial charge is 0.317 e. The summed E-state index contributed by atoms with van der Waals surface area (Å²) in [6.07, 6.45) is 0. The molecule has 1 saturated heterocycles. The van der Waals surface area contributed by atoms with Crippen LogP contribution in [0.25, 0.3) is 16.6 Å². The number of anilines is 1. The van der Waals surface area contributed by atoms with E-state index in [1.54, 1.807) is 0 Å². The van der Waals surface area contributed by atoms with E-state index in [4.69, 9.17) is 5.10 Å². The molecule has 1 aliphatic heterocycles. The van der Waals surface area contributed by atoms with Crippen molar-refractivity contribution in [3.63, 3.8) is 0 Å². The van der Waals surface area contributed by atoms with Gasteiger partial charge in [-0.1, -0.05) is 47.5 Å². The molecule has 0 unspecified atom stereocenters. The maximum Gasteiger partial charge on any atom is 0.317 e. The van der Waals surface area contributed by atoms with Gasteiger partial charge in [0.05, 0.1) is 22.5 Å². The first kappa shape index (κ1) is 22.8. The van der Waals surface area contributed by atoms with E-state index in [0.29, 0.717) is 32.7 Å². The number of nitrogens with one attached hydrogen (secondary N) is 1. The average Bonchev–Trinajstić information content (AvgIpc) is 3.22. The number of aryl methyl sites for hydroxylation is 4. The van der Waals surface area contributed by atoms with Crippen LogP contribution in [0, 0.1) is 27.7 Å². The third-order valence-corrected chi connectivity index (χ3v) is 6.69. The van der Waals surface area contributed by atoms with Gasteiger partial charge in [0.15, 0.2) is 5.82 Å². The quantitative estimate of drug-likeness (QED) is 0.487. The molecular formula is C27H31N7O. The molecule has 2 amide bonds. The van der Waals surface area contributed by atoms with Crippen LogP contribution in [-0.4, -0.2) is 57.1 Å². The number of piperazine rings is 1. The van der Waals surface area contributed by atoms with Gasteiger partial charge in [0, 0.05) is 32.7 Å². The molecule has 0 saturated carbocycles. The molecule has 2 aromatic carbocycles. The van der Waals surface area contributed by atoms with Crippen LogP contribution in [0.1, 0.15) is 28.1 Å². The monoisotopic (exact) mass is 469 g/mol. The molecule has 2 aromatic heterocycles. The first-order chi connectivity index (χ1) is 16.9. The van der Waals surface area contributed by atoms with E-state index in [1.807, 2.05) is 28.6 Å². The van der Waals surface area contributed by atoms with Crippen molar-refractivity contribution < 1.29 is 4.79 Å². The summed E-state index contributed by atoms with van der Waals surface area (Å²) in [5.74, 6) is 0.777. The third-order valence-electron chi connectivity index (χ3n) is 6.69. The molecule has 0 bridgehead atoms. The minimum atomic E-state index is -0.0372. The first-order valence-corrected chi connectivity index (χ1v) is 12.0. The van der Waals surface area contributed by atoms with E-state index < -0.39 is 0 Å². The standard InChI is InChI=1S/C27H31N7O/c1-18-5-9-22(10-6-18)17-28-27(35)33-15-13-32(14-16-33)26-25-24(20(3)29-30-26)21(4)34(31-25)23-11-7-19(2)8-12-23/h5-12H,13-17H2,1-4H3,(H,28,35). The fraction of sp³-hybridized carbons (Fsp3) is 0.333. The van der Waals surface area contributed by atoms with E-state index >= 15 is 0 Å². The molecule has 3 heterocycles. The maximum atomic E-state index is 12.7. The van der Waals surface area contributed by atoms with Gasteiger partial charge < -0.3 is 15.1 Å². The Morgan fingerprint density at radius 3 is 2.14 bits per heavy atom. The Bertz CT molecular complexity index is 1350. The zero-order valence-electron chi connectivity index (χ0n) is 20.7. The van der Waals surface area contributed by atoms with Crippen LogP contribution in [0.15, 0.2) is 48.5 Å². The lowest BCUT2D eigenvalue weighted by Gasteiger charge is -2.35. The number of fused-ring (bicyclic) bond motifs is 1. The molecule has 35 heavy (non-hydrogen) atoms. The third kappa shape index (κ3) is 4.56. The average molecular weight is 470 g/mol. The lowest BCUT2D eigenvalue weighted by atomic mass is 10.1. The Balaban J connectivity index is 1.31. The van der Waals surface area contributed by atoms with E-state index in [1.165, 1.54) is 11.1 Å². The number of amides is 2. The Morgan fingerprint density at radius 2 is 1.49 bits per heavy atom. The molecule has 180 valence electrons. The minimum Gasteiger partial charge on any atom is -0.350 e. The van der Waals surface area contributed by atoms with Gasteiger partial charge in [0.2, 0.25) is 0 Å². The zero-order valence-corrected chi connectivity index (χ0v) is 20.7. The van der Waals surface area contributed by atoms with Gasteiger partial charge in [0.25, 0.3) is 0 Å². The predicted molar refractivity (Wildman–Crippen MR) is 138 cm³/mol. The molecule has 1 fully saturated rings. The number of carbonyl (C=O) groups excluding carboxylic acids is 1. The van der Waals surface area contributed by atoms with Crippen molar-refractivity contribution in [1.82, 2.24) is 30.2 Å². The van der Waals surface area contributed by atoms with Gasteiger partial charge in [-0.3, -0.25) is 0 Å². The number of carbonyl (C=O) groups is 1. The molecule has 8 heteroatoms. The molecule has 0 spiro atoms.